The number of halogens is 4. The van der Waals surface area contributed by atoms with Gasteiger partial charge in [0, 0.05) is 19.6 Å². The Balaban J connectivity index is 1.88. The molecule has 128 valence electrons. The van der Waals surface area contributed by atoms with Crippen molar-refractivity contribution < 1.29 is 22.4 Å². The highest BCUT2D eigenvalue weighted by molar-refractivity contribution is 5.74. The lowest BCUT2D eigenvalue weighted by atomic mass is 9.85. The van der Waals surface area contributed by atoms with E-state index < -0.39 is 30.0 Å². The van der Waals surface area contributed by atoms with E-state index in [1.165, 1.54) is 24.1 Å². The SMILES string of the molecule is CN(Cc1cccc(F)c1)C(=O)N[C@@H]1CCC[C@@H](C(F)(F)F)C1. The fourth-order valence-corrected chi connectivity index (χ4v) is 2.88. The third-order valence-corrected chi connectivity index (χ3v) is 4.12. The van der Waals surface area contributed by atoms with Gasteiger partial charge in [-0.25, -0.2) is 9.18 Å². The molecule has 1 aliphatic rings. The zero-order valence-corrected chi connectivity index (χ0v) is 12.9. The summed E-state index contributed by atoms with van der Waals surface area (Å²) in [7, 11) is 1.53. The topological polar surface area (TPSA) is 32.3 Å². The zero-order valence-electron chi connectivity index (χ0n) is 12.9. The molecule has 0 spiro atoms. The van der Waals surface area contributed by atoms with E-state index in [4.69, 9.17) is 0 Å². The van der Waals surface area contributed by atoms with Crippen molar-refractivity contribution in [3.8, 4) is 0 Å². The van der Waals surface area contributed by atoms with E-state index in [-0.39, 0.29) is 19.4 Å². The third-order valence-electron chi connectivity index (χ3n) is 4.12. The van der Waals surface area contributed by atoms with E-state index in [1.54, 1.807) is 12.1 Å². The number of alkyl halides is 3. The number of carbonyl (C=O) groups is 1. The van der Waals surface area contributed by atoms with Crippen LogP contribution in [0.5, 0.6) is 0 Å². The molecule has 1 aliphatic carbocycles. The van der Waals surface area contributed by atoms with E-state index in [9.17, 15) is 22.4 Å². The van der Waals surface area contributed by atoms with Crippen molar-refractivity contribution in [3.63, 3.8) is 0 Å². The van der Waals surface area contributed by atoms with Crippen LogP contribution >= 0.6 is 0 Å². The Hall–Kier alpha value is -1.79. The molecule has 2 atom stereocenters. The Morgan fingerprint density at radius 3 is 2.74 bits per heavy atom. The monoisotopic (exact) mass is 332 g/mol. The Kier molecular flexibility index (Phi) is 5.49. The van der Waals surface area contributed by atoms with E-state index in [0.29, 0.717) is 18.4 Å². The van der Waals surface area contributed by atoms with Gasteiger partial charge in [-0.15, -0.1) is 0 Å². The van der Waals surface area contributed by atoms with Crippen LogP contribution in [0.2, 0.25) is 0 Å². The molecule has 1 aromatic rings. The van der Waals surface area contributed by atoms with Crippen molar-refractivity contribution in [2.24, 2.45) is 5.92 Å². The molecule has 7 heteroatoms. The molecule has 23 heavy (non-hydrogen) atoms. The van der Waals surface area contributed by atoms with Crippen molar-refractivity contribution >= 4 is 6.03 Å². The Morgan fingerprint density at radius 2 is 2.09 bits per heavy atom. The summed E-state index contributed by atoms with van der Waals surface area (Å²) in [6.45, 7) is 0.193. The average Bonchev–Trinajstić information content (AvgIpc) is 2.46. The molecule has 0 aliphatic heterocycles. The minimum Gasteiger partial charge on any atom is -0.335 e. The molecule has 0 heterocycles. The van der Waals surface area contributed by atoms with Gasteiger partial charge in [0.05, 0.1) is 5.92 Å². The standard InChI is InChI=1S/C16H20F4N2O/c1-22(10-11-4-2-6-13(17)8-11)15(23)21-14-7-3-5-12(9-14)16(18,19)20/h2,4,6,8,12,14H,3,5,7,9-10H2,1H3,(H,21,23)/t12-,14-/m1/s1. The number of hydrogen-bond donors (Lipinski definition) is 1. The first kappa shape index (κ1) is 17.6. The second-order valence-electron chi connectivity index (χ2n) is 6.04. The molecule has 1 N–H and O–H groups in total. The third kappa shape index (κ3) is 5.11. The zero-order chi connectivity index (χ0) is 17.0. The highest BCUT2D eigenvalue weighted by Crippen LogP contribution is 2.37. The summed E-state index contributed by atoms with van der Waals surface area (Å²) >= 11 is 0. The summed E-state index contributed by atoms with van der Waals surface area (Å²) in [6.07, 6.45) is -3.18. The first-order valence-corrected chi connectivity index (χ1v) is 7.58. The smallest absolute Gasteiger partial charge is 0.335 e. The lowest BCUT2D eigenvalue weighted by molar-refractivity contribution is -0.183. The van der Waals surface area contributed by atoms with Gasteiger partial charge in [0.2, 0.25) is 0 Å². The maximum Gasteiger partial charge on any atom is 0.391 e. The van der Waals surface area contributed by atoms with Crippen molar-refractivity contribution in [2.45, 2.75) is 44.4 Å². The van der Waals surface area contributed by atoms with Crippen molar-refractivity contribution in [2.75, 3.05) is 7.05 Å². The lowest BCUT2D eigenvalue weighted by Crippen LogP contribution is -2.46. The Morgan fingerprint density at radius 1 is 1.35 bits per heavy atom. The number of hydrogen-bond acceptors (Lipinski definition) is 1. The first-order chi connectivity index (χ1) is 10.8. The number of urea groups is 1. The molecule has 0 unspecified atom stereocenters. The molecule has 0 aromatic heterocycles. The van der Waals surface area contributed by atoms with Gasteiger partial charge in [-0.2, -0.15) is 13.2 Å². The van der Waals surface area contributed by atoms with Gasteiger partial charge in [-0.1, -0.05) is 18.6 Å². The lowest BCUT2D eigenvalue weighted by Gasteiger charge is -2.32. The number of carbonyl (C=O) groups excluding carboxylic acids is 1. The van der Waals surface area contributed by atoms with E-state index in [0.717, 1.165) is 0 Å². The Labute approximate surface area is 132 Å². The summed E-state index contributed by atoms with van der Waals surface area (Å²) in [4.78, 5) is 13.4. The van der Waals surface area contributed by atoms with E-state index >= 15 is 0 Å². The largest absolute Gasteiger partial charge is 0.391 e. The number of benzene rings is 1. The molecule has 1 aromatic carbocycles. The number of rotatable bonds is 3. The highest BCUT2D eigenvalue weighted by atomic mass is 19.4. The van der Waals surface area contributed by atoms with Crippen LogP contribution in [-0.4, -0.2) is 30.2 Å². The molecule has 2 rings (SSSR count). The normalized spacial score (nSPS) is 21.8. The van der Waals surface area contributed by atoms with Gasteiger partial charge in [0.15, 0.2) is 0 Å². The first-order valence-electron chi connectivity index (χ1n) is 7.58. The highest BCUT2D eigenvalue weighted by Gasteiger charge is 2.42. The molecule has 1 saturated carbocycles. The van der Waals surface area contributed by atoms with Gasteiger partial charge in [0.25, 0.3) is 0 Å². The fourth-order valence-electron chi connectivity index (χ4n) is 2.88. The van der Waals surface area contributed by atoms with Gasteiger partial charge in [-0.3, -0.25) is 0 Å². The minimum atomic E-state index is -4.21. The van der Waals surface area contributed by atoms with Crippen LogP contribution in [0.25, 0.3) is 0 Å². The van der Waals surface area contributed by atoms with Crippen LogP contribution in [0.15, 0.2) is 24.3 Å². The summed E-state index contributed by atoms with van der Waals surface area (Å²) < 4.78 is 51.5. The molecule has 0 saturated heterocycles. The van der Waals surface area contributed by atoms with Gasteiger partial charge in [-0.05, 0) is 37.0 Å². The van der Waals surface area contributed by atoms with Crippen molar-refractivity contribution in [1.82, 2.24) is 10.2 Å². The number of amides is 2. The van der Waals surface area contributed by atoms with Crippen LogP contribution in [0.1, 0.15) is 31.2 Å². The summed E-state index contributed by atoms with van der Waals surface area (Å²) in [5.41, 5.74) is 0.625. The molecule has 0 radical (unpaired) electrons. The van der Waals surface area contributed by atoms with Gasteiger partial charge < -0.3 is 10.2 Å². The van der Waals surface area contributed by atoms with Crippen LogP contribution in [0.4, 0.5) is 22.4 Å². The van der Waals surface area contributed by atoms with Crippen LogP contribution < -0.4 is 5.32 Å². The molecule has 1 fully saturated rings. The summed E-state index contributed by atoms with van der Waals surface area (Å²) in [6, 6.07) is 4.95. The quantitative estimate of drug-likeness (QED) is 0.831. The van der Waals surface area contributed by atoms with Crippen LogP contribution in [0.3, 0.4) is 0 Å². The fraction of sp³-hybridized carbons (Fsp3) is 0.562. The van der Waals surface area contributed by atoms with Crippen molar-refractivity contribution in [3.05, 3.63) is 35.6 Å². The molecule has 2 amide bonds. The number of nitrogens with one attached hydrogen (secondary N) is 1. The predicted molar refractivity (Wildman–Crippen MR) is 78.2 cm³/mol. The maximum absolute atomic E-state index is 13.1. The second-order valence-corrected chi connectivity index (χ2v) is 6.04. The minimum absolute atomic E-state index is 0.0803. The average molecular weight is 332 g/mol. The van der Waals surface area contributed by atoms with E-state index in [1.807, 2.05) is 0 Å². The summed E-state index contributed by atoms with van der Waals surface area (Å²) in [5.74, 6) is -1.74. The summed E-state index contributed by atoms with van der Waals surface area (Å²) in [5, 5.41) is 2.65. The van der Waals surface area contributed by atoms with Crippen LogP contribution in [0, 0.1) is 11.7 Å². The Bertz CT molecular complexity index is 547. The predicted octanol–water partition coefficient (Wildman–Crippen LogP) is 4.09. The molecular formula is C16H20F4N2O. The molecule has 3 nitrogen and oxygen atoms in total. The van der Waals surface area contributed by atoms with E-state index in [2.05, 4.69) is 5.32 Å². The maximum atomic E-state index is 13.1. The van der Waals surface area contributed by atoms with Gasteiger partial charge in [0.1, 0.15) is 5.82 Å². The van der Waals surface area contributed by atoms with Crippen molar-refractivity contribution in [1.29, 1.82) is 0 Å². The molecule has 0 bridgehead atoms. The second kappa shape index (κ2) is 7.19. The number of nitrogens with zero attached hydrogens (tertiary/aromatic N) is 1. The molecular weight excluding hydrogens is 312 g/mol. The van der Waals surface area contributed by atoms with Crippen LogP contribution in [-0.2, 0) is 6.54 Å². The van der Waals surface area contributed by atoms with Gasteiger partial charge >= 0.3 is 12.2 Å².